The Hall–Kier alpha value is -3.08. The number of benzene rings is 1. The Balaban J connectivity index is 1.53. The Morgan fingerprint density at radius 1 is 1.22 bits per heavy atom. The van der Waals surface area contributed by atoms with E-state index in [4.69, 9.17) is 0 Å². The summed E-state index contributed by atoms with van der Waals surface area (Å²) in [6.45, 7) is 2.11. The Bertz CT molecular complexity index is 924. The van der Waals surface area contributed by atoms with E-state index in [0.717, 1.165) is 25.9 Å². The van der Waals surface area contributed by atoms with Crippen LogP contribution >= 0.6 is 0 Å². The van der Waals surface area contributed by atoms with E-state index in [9.17, 15) is 22.8 Å². The number of rotatable bonds is 5. The van der Waals surface area contributed by atoms with Crippen molar-refractivity contribution in [1.29, 1.82) is 0 Å². The Morgan fingerprint density at radius 2 is 1.94 bits per heavy atom. The SMILES string of the molecule is O=C1CN(C(=O)NC(CN2CCCC2)c2ccc(OC(F)(F)F)cc2)C2=C(CCC=N2)N1. The number of aliphatic imine (C=N–C) groups is 1. The number of likely N-dealkylation sites (tertiary alicyclic amines) is 1. The van der Waals surface area contributed by atoms with Crippen LogP contribution < -0.4 is 15.4 Å². The second kappa shape index (κ2) is 9.19. The standard InChI is InChI=1S/C21H24F3N5O3/c22-21(23,24)32-15-7-5-14(6-8-15)17(12-28-10-1-2-11-28)27-20(31)29-13-18(30)26-16-4-3-9-25-19(16)29/h5-9,17H,1-4,10-13H2,(H,26,30)(H,27,31). The van der Waals surface area contributed by atoms with E-state index in [2.05, 4.69) is 25.3 Å². The van der Waals surface area contributed by atoms with E-state index in [1.165, 1.54) is 29.2 Å². The fourth-order valence-electron chi connectivity index (χ4n) is 4.08. The van der Waals surface area contributed by atoms with Gasteiger partial charge in [0.25, 0.3) is 0 Å². The van der Waals surface area contributed by atoms with Crippen LogP contribution in [-0.4, -0.2) is 60.5 Å². The lowest BCUT2D eigenvalue weighted by molar-refractivity contribution is -0.274. The number of allylic oxidation sites excluding steroid dienone is 1. The zero-order chi connectivity index (χ0) is 22.7. The third-order valence-corrected chi connectivity index (χ3v) is 5.55. The normalized spacial score (nSPS) is 20.1. The van der Waals surface area contributed by atoms with Crippen molar-refractivity contribution in [2.45, 2.75) is 38.1 Å². The maximum Gasteiger partial charge on any atom is 0.573 e. The number of amides is 3. The number of alkyl halides is 3. The van der Waals surface area contributed by atoms with E-state index in [1.807, 2.05) is 0 Å². The van der Waals surface area contributed by atoms with Crippen molar-refractivity contribution < 1.29 is 27.5 Å². The van der Waals surface area contributed by atoms with Crippen molar-refractivity contribution in [3.8, 4) is 5.75 Å². The molecule has 2 N–H and O–H groups in total. The van der Waals surface area contributed by atoms with Gasteiger partial charge >= 0.3 is 12.4 Å². The van der Waals surface area contributed by atoms with E-state index in [-0.39, 0.29) is 18.2 Å². The van der Waals surface area contributed by atoms with Gasteiger partial charge in [0.2, 0.25) is 5.91 Å². The Kier molecular flexibility index (Phi) is 6.35. The minimum Gasteiger partial charge on any atom is -0.406 e. The molecule has 3 aliphatic heterocycles. The van der Waals surface area contributed by atoms with E-state index < -0.39 is 18.4 Å². The zero-order valence-corrected chi connectivity index (χ0v) is 17.3. The molecule has 0 aromatic heterocycles. The molecule has 0 spiro atoms. The number of hydrogen-bond acceptors (Lipinski definition) is 5. The maximum absolute atomic E-state index is 13.1. The molecule has 0 radical (unpaired) electrons. The third-order valence-electron chi connectivity index (χ3n) is 5.55. The van der Waals surface area contributed by atoms with Crippen LogP contribution in [0.25, 0.3) is 0 Å². The van der Waals surface area contributed by atoms with Crippen LogP contribution in [-0.2, 0) is 4.79 Å². The van der Waals surface area contributed by atoms with Gasteiger partial charge < -0.3 is 20.3 Å². The maximum atomic E-state index is 13.1. The lowest BCUT2D eigenvalue weighted by Crippen LogP contribution is -2.51. The minimum atomic E-state index is -4.77. The smallest absolute Gasteiger partial charge is 0.406 e. The molecule has 8 nitrogen and oxygen atoms in total. The van der Waals surface area contributed by atoms with Crippen LogP contribution in [0.5, 0.6) is 5.75 Å². The summed E-state index contributed by atoms with van der Waals surface area (Å²) >= 11 is 0. The molecule has 1 aromatic carbocycles. The first-order chi connectivity index (χ1) is 15.3. The summed E-state index contributed by atoms with van der Waals surface area (Å²) in [4.78, 5) is 33.0. The number of urea groups is 1. The third kappa shape index (κ3) is 5.39. The minimum absolute atomic E-state index is 0.156. The summed E-state index contributed by atoms with van der Waals surface area (Å²) in [6, 6.07) is 4.51. The second-order valence-corrected chi connectivity index (χ2v) is 7.91. The summed E-state index contributed by atoms with van der Waals surface area (Å²) in [5, 5.41) is 5.71. The highest BCUT2D eigenvalue weighted by Crippen LogP contribution is 2.27. The predicted octanol–water partition coefficient (Wildman–Crippen LogP) is 2.90. The van der Waals surface area contributed by atoms with Crippen LogP contribution in [0.2, 0.25) is 0 Å². The van der Waals surface area contributed by atoms with Gasteiger partial charge in [-0.2, -0.15) is 0 Å². The van der Waals surface area contributed by atoms with Crippen molar-refractivity contribution in [3.63, 3.8) is 0 Å². The van der Waals surface area contributed by atoms with E-state index in [1.54, 1.807) is 6.21 Å². The number of carbonyl (C=O) groups excluding carboxylic acids is 2. The van der Waals surface area contributed by atoms with Crippen LogP contribution in [0.1, 0.15) is 37.3 Å². The number of ether oxygens (including phenoxy) is 1. The first-order valence-electron chi connectivity index (χ1n) is 10.5. The summed E-state index contributed by atoms with van der Waals surface area (Å²) in [5.74, 6) is -0.200. The summed E-state index contributed by atoms with van der Waals surface area (Å²) in [5.41, 5.74) is 1.26. The van der Waals surface area contributed by atoms with Gasteiger partial charge in [-0.25, -0.2) is 9.79 Å². The topological polar surface area (TPSA) is 86.3 Å². The Morgan fingerprint density at radius 3 is 2.62 bits per heavy atom. The average molecular weight is 451 g/mol. The van der Waals surface area contributed by atoms with Crippen molar-refractivity contribution in [2.75, 3.05) is 26.2 Å². The molecule has 172 valence electrons. The van der Waals surface area contributed by atoms with Gasteiger partial charge in [-0.15, -0.1) is 13.2 Å². The quantitative estimate of drug-likeness (QED) is 0.721. The monoisotopic (exact) mass is 451 g/mol. The molecule has 32 heavy (non-hydrogen) atoms. The van der Waals surface area contributed by atoms with Crippen molar-refractivity contribution in [1.82, 2.24) is 20.4 Å². The van der Waals surface area contributed by atoms with Crippen LogP contribution in [0.3, 0.4) is 0 Å². The average Bonchev–Trinajstić information content (AvgIpc) is 3.25. The molecule has 0 aliphatic carbocycles. The van der Waals surface area contributed by atoms with Crippen molar-refractivity contribution in [2.24, 2.45) is 4.99 Å². The molecule has 1 unspecified atom stereocenters. The molecule has 0 saturated carbocycles. The Labute approximate surface area is 183 Å². The fraction of sp³-hybridized carbons (Fsp3) is 0.476. The molecule has 4 rings (SSSR count). The number of halogens is 3. The van der Waals surface area contributed by atoms with Gasteiger partial charge in [-0.3, -0.25) is 9.69 Å². The second-order valence-electron chi connectivity index (χ2n) is 7.91. The van der Waals surface area contributed by atoms with Gasteiger partial charge in [-0.1, -0.05) is 12.1 Å². The predicted molar refractivity (Wildman–Crippen MR) is 110 cm³/mol. The molecule has 1 fully saturated rings. The molecular formula is C21H24F3N5O3. The molecule has 3 heterocycles. The number of nitrogens with zero attached hydrogens (tertiary/aromatic N) is 3. The molecule has 3 amide bonds. The molecule has 1 atom stereocenters. The number of hydrogen-bond donors (Lipinski definition) is 2. The number of nitrogens with one attached hydrogen (secondary N) is 2. The molecule has 3 aliphatic rings. The van der Waals surface area contributed by atoms with Gasteiger partial charge in [-0.05, 0) is 56.5 Å². The fourth-order valence-corrected chi connectivity index (χ4v) is 4.08. The van der Waals surface area contributed by atoms with E-state index in [0.29, 0.717) is 36.5 Å². The molecular weight excluding hydrogens is 427 g/mol. The van der Waals surface area contributed by atoms with Gasteiger partial charge in [0.15, 0.2) is 5.82 Å². The lowest BCUT2D eigenvalue weighted by atomic mass is 10.1. The summed E-state index contributed by atoms with van der Waals surface area (Å²) in [7, 11) is 0. The molecule has 0 bridgehead atoms. The zero-order valence-electron chi connectivity index (χ0n) is 17.3. The highest BCUT2D eigenvalue weighted by molar-refractivity contribution is 5.89. The number of carbonyl (C=O) groups is 2. The van der Waals surface area contributed by atoms with Crippen molar-refractivity contribution >= 4 is 18.2 Å². The molecule has 1 aromatic rings. The largest absolute Gasteiger partial charge is 0.573 e. The first kappa shape index (κ1) is 22.1. The van der Waals surface area contributed by atoms with E-state index >= 15 is 0 Å². The van der Waals surface area contributed by atoms with Crippen LogP contribution in [0.15, 0.2) is 40.8 Å². The van der Waals surface area contributed by atoms with Gasteiger partial charge in [0, 0.05) is 12.8 Å². The highest BCUT2D eigenvalue weighted by atomic mass is 19.4. The summed E-state index contributed by atoms with van der Waals surface area (Å²) < 4.78 is 41.4. The van der Waals surface area contributed by atoms with Gasteiger partial charge in [0.05, 0.1) is 11.7 Å². The van der Waals surface area contributed by atoms with Crippen molar-refractivity contribution in [3.05, 3.63) is 41.3 Å². The first-order valence-corrected chi connectivity index (χ1v) is 10.5. The lowest BCUT2D eigenvalue weighted by Gasteiger charge is -2.33. The van der Waals surface area contributed by atoms with Crippen LogP contribution in [0, 0.1) is 0 Å². The molecule has 11 heteroatoms. The molecule has 1 saturated heterocycles. The summed E-state index contributed by atoms with van der Waals surface area (Å²) in [6.07, 6.45) is 0.306. The van der Waals surface area contributed by atoms with Gasteiger partial charge in [0.1, 0.15) is 12.3 Å². The highest BCUT2D eigenvalue weighted by Gasteiger charge is 2.33. The van der Waals surface area contributed by atoms with Crippen LogP contribution in [0.4, 0.5) is 18.0 Å².